The lowest BCUT2D eigenvalue weighted by Crippen LogP contribution is -2.34. The molecule has 3 saturated heterocycles. The third kappa shape index (κ3) is 11.7. The van der Waals surface area contributed by atoms with Crippen molar-refractivity contribution in [3.63, 3.8) is 0 Å². The Hall–Kier alpha value is -4.23. The minimum Gasteiger partial charge on any atom is -0.481 e. The van der Waals surface area contributed by atoms with E-state index >= 15 is 0 Å². The third-order valence-electron chi connectivity index (χ3n) is 11.9. The van der Waals surface area contributed by atoms with Gasteiger partial charge in [0.15, 0.2) is 0 Å². The van der Waals surface area contributed by atoms with Gasteiger partial charge in [-0.1, -0.05) is 60.7 Å². The number of carbonyl (C=O) groups is 4. The molecule has 3 heterocycles. The largest absolute Gasteiger partial charge is 0.481 e. The zero-order valence-electron chi connectivity index (χ0n) is 32.0. The highest BCUT2D eigenvalue weighted by atomic mass is 32.2. The van der Waals surface area contributed by atoms with Gasteiger partial charge in [-0.2, -0.15) is 0 Å². The van der Waals surface area contributed by atoms with Crippen molar-refractivity contribution < 1.29 is 34.5 Å². The molecule has 0 spiro atoms. The fraction of sp³-hybridized carbons (Fsp3) is 0.500. The van der Waals surface area contributed by atoms with Crippen molar-refractivity contribution in [3.8, 4) is 0 Å². The number of nitrogens with one attached hydrogen (secondary N) is 3. The van der Waals surface area contributed by atoms with Crippen molar-refractivity contribution in [1.29, 1.82) is 0 Å². The minimum absolute atomic E-state index is 0.0494. The average molecular weight is 785 g/mol. The Bertz CT molecular complexity index is 1810. The van der Waals surface area contributed by atoms with Crippen LogP contribution in [0.2, 0.25) is 0 Å². The van der Waals surface area contributed by atoms with Gasteiger partial charge in [-0.3, -0.25) is 19.2 Å². The first-order valence-electron chi connectivity index (χ1n) is 20.1. The predicted molar refractivity (Wildman–Crippen MR) is 217 cm³/mol. The summed E-state index contributed by atoms with van der Waals surface area (Å²) in [6.45, 7) is 5.45. The standard InChI is InChI=1S/C44H56N4O7S/c49-41(24-31-6-1-4-29(18-31)21-38(42(50)51)34-10-13-45-25-34)48(28-33-8-2-5-30(19-33)22-39(43(52)53)35-11-14-46-26-35)16-17-56-37-9-3-7-32(20-37)23-40(44(54)55)36-12-15-47-27-36/h1-9,18-20,34-36,38-40,45-47H,10-17,21-28H2,(H,50,51)(H,52,53)(H,54,55)/t34-,35-,36-,38-,39-,40-/m0/s1. The number of hydrogen-bond acceptors (Lipinski definition) is 8. The summed E-state index contributed by atoms with van der Waals surface area (Å²) in [5.41, 5.74) is 4.60. The molecule has 0 bridgehead atoms. The molecule has 0 unspecified atom stereocenters. The van der Waals surface area contributed by atoms with Crippen molar-refractivity contribution >= 4 is 35.6 Å². The van der Waals surface area contributed by atoms with Gasteiger partial charge >= 0.3 is 17.9 Å². The van der Waals surface area contributed by atoms with Crippen molar-refractivity contribution in [2.75, 3.05) is 51.6 Å². The smallest absolute Gasteiger partial charge is 0.307 e. The Balaban J connectivity index is 1.15. The summed E-state index contributed by atoms with van der Waals surface area (Å²) < 4.78 is 0. The number of nitrogens with zero attached hydrogens (tertiary/aromatic N) is 1. The van der Waals surface area contributed by atoms with Crippen LogP contribution < -0.4 is 16.0 Å². The fourth-order valence-electron chi connectivity index (χ4n) is 8.75. The maximum atomic E-state index is 14.2. The topological polar surface area (TPSA) is 168 Å². The molecule has 300 valence electrons. The molecule has 0 aromatic heterocycles. The Morgan fingerprint density at radius 3 is 1.50 bits per heavy atom. The summed E-state index contributed by atoms with van der Waals surface area (Å²) in [7, 11) is 0. The van der Waals surface area contributed by atoms with Gasteiger partial charge in [-0.25, -0.2) is 0 Å². The van der Waals surface area contributed by atoms with Crippen LogP contribution in [0.4, 0.5) is 0 Å². The number of benzene rings is 3. The van der Waals surface area contributed by atoms with E-state index in [0.717, 1.165) is 78.2 Å². The molecule has 1 amide bonds. The van der Waals surface area contributed by atoms with E-state index < -0.39 is 35.7 Å². The normalized spacial score (nSPS) is 21.0. The Morgan fingerprint density at radius 2 is 1.04 bits per heavy atom. The maximum absolute atomic E-state index is 14.2. The summed E-state index contributed by atoms with van der Waals surface area (Å²) in [4.78, 5) is 53.7. The second-order valence-corrected chi connectivity index (χ2v) is 17.0. The maximum Gasteiger partial charge on any atom is 0.307 e. The summed E-state index contributed by atoms with van der Waals surface area (Å²) in [6, 6.07) is 23.7. The van der Waals surface area contributed by atoms with E-state index in [4.69, 9.17) is 0 Å². The van der Waals surface area contributed by atoms with Gasteiger partial charge < -0.3 is 36.2 Å². The zero-order chi connectivity index (χ0) is 39.4. The van der Waals surface area contributed by atoms with Gasteiger partial charge in [-0.05, 0) is 135 Å². The zero-order valence-corrected chi connectivity index (χ0v) is 32.9. The first-order valence-corrected chi connectivity index (χ1v) is 21.1. The van der Waals surface area contributed by atoms with Gasteiger partial charge in [0.1, 0.15) is 0 Å². The van der Waals surface area contributed by atoms with Gasteiger partial charge in [0, 0.05) is 23.7 Å². The molecule has 6 N–H and O–H groups in total. The molecule has 0 saturated carbocycles. The van der Waals surface area contributed by atoms with Gasteiger partial charge in [0.05, 0.1) is 24.2 Å². The SMILES string of the molecule is O=C(O)[C@@H](Cc1cccc(CC(=O)N(CCSc2cccc(C[C@H](C(=O)O)[C@H]3CCNC3)c2)Cc2cccc(C[C@H](C(=O)O)[C@H]3CCNC3)c2)c1)[C@H]1CCNC1. The number of rotatable bonds is 20. The summed E-state index contributed by atoms with van der Waals surface area (Å²) >= 11 is 1.63. The highest BCUT2D eigenvalue weighted by Gasteiger charge is 2.33. The molecule has 6 atom stereocenters. The second-order valence-electron chi connectivity index (χ2n) is 15.8. The Kier molecular flexibility index (Phi) is 15.0. The molecule has 56 heavy (non-hydrogen) atoms. The van der Waals surface area contributed by atoms with Crippen LogP contribution in [-0.2, 0) is 51.4 Å². The Labute approximate surface area is 334 Å². The molecule has 11 nitrogen and oxygen atoms in total. The van der Waals surface area contributed by atoms with E-state index in [1.807, 2.05) is 71.6 Å². The van der Waals surface area contributed by atoms with Crippen molar-refractivity contribution in [2.45, 2.75) is 56.4 Å². The monoisotopic (exact) mass is 784 g/mol. The summed E-state index contributed by atoms with van der Waals surface area (Å²) in [5, 5.41) is 39.9. The van der Waals surface area contributed by atoms with E-state index in [9.17, 15) is 34.5 Å². The third-order valence-corrected chi connectivity index (χ3v) is 12.9. The van der Waals surface area contributed by atoms with Crippen LogP contribution in [0, 0.1) is 35.5 Å². The molecular weight excluding hydrogens is 729 g/mol. The molecule has 3 aliphatic rings. The molecule has 6 rings (SSSR count). The van der Waals surface area contributed by atoms with Crippen LogP contribution in [0.3, 0.4) is 0 Å². The van der Waals surface area contributed by atoms with Crippen LogP contribution in [-0.4, -0.2) is 95.6 Å². The average Bonchev–Trinajstić information content (AvgIpc) is 4.00. The number of aliphatic carboxylic acids is 3. The number of hydrogen-bond donors (Lipinski definition) is 6. The van der Waals surface area contributed by atoms with Crippen LogP contribution in [0.1, 0.15) is 47.1 Å². The van der Waals surface area contributed by atoms with E-state index in [-0.39, 0.29) is 30.1 Å². The Morgan fingerprint density at radius 1 is 0.607 bits per heavy atom. The van der Waals surface area contributed by atoms with Gasteiger partial charge in [0.25, 0.3) is 0 Å². The molecule has 0 aliphatic carbocycles. The van der Waals surface area contributed by atoms with E-state index in [2.05, 4.69) is 22.0 Å². The predicted octanol–water partition coefficient (Wildman–Crippen LogP) is 4.61. The number of amides is 1. The molecular formula is C44H56N4O7S. The molecule has 3 aromatic rings. The second kappa shape index (κ2) is 20.3. The number of carboxylic acids is 3. The molecule has 3 aliphatic heterocycles. The van der Waals surface area contributed by atoms with E-state index in [1.54, 1.807) is 11.8 Å². The molecule has 12 heteroatoms. The molecule has 3 aromatic carbocycles. The van der Waals surface area contributed by atoms with Gasteiger partial charge in [-0.15, -0.1) is 11.8 Å². The van der Waals surface area contributed by atoms with E-state index in [0.29, 0.717) is 51.2 Å². The molecule has 3 fully saturated rings. The van der Waals surface area contributed by atoms with Crippen molar-refractivity contribution in [2.24, 2.45) is 35.5 Å². The fourth-order valence-corrected chi connectivity index (χ4v) is 9.70. The van der Waals surface area contributed by atoms with Crippen molar-refractivity contribution in [3.05, 3.63) is 101 Å². The summed E-state index contributed by atoms with van der Waals surface area (Å²) in [6.07, 6.45) is 4.02. The lowest BCUT2D eigenvalue weighted by molar-refractivity contribution is -0.144. The van der Waals surface area contributed by atoms with E-state index in [1.165, 1.54) is 0 Å². The van der Waals surface area contributed by atoms with Crippen molar-refractivity contribution in [1.82, 2.24) is 20.9 Å². The molecule has 0 radical (unpaired) electrons. The quantitative estimate of drug-likeness (QED) is 0.0886. The van der Waals surface area contributed by atoms with Gasteiger partial charge in [0.2, 0.25) is 5.91 Å². The number of carbonyl (C=O) groups excluding carboxylic acids is 1. The number of carboxylic acid groups (broad SMARTS) is 3. The highest BCUT2D eigenvalue weighted by molar-refractivity contribution is 7.99. The van der Waals surface area contributed by atoms with Crippen LogP contribution >= 0.6 is 11.8 Å². The highest BCUT2D eigenvalue weighted by Crippen LogP contribution is 2.28. The lowest BCUT2D eigenvalue weighted by Gasteiger charge is -2.24. The van der Waals surface area contributed by atoms with Crippen LogP contribution in [0.5, 0.6) is 0 Å². The lowest BCUT2D eigenvalue weighted by atomic mass is 9.86. The van der Waals surface area contributed by atoms with Crippen LogP contribution in [0.15, 0.2) is 77.7 Å². The minimum atomic E-state index is -0.793. The first-order chi connectivity index (χ1) is 27.1. The first kappa shape index (κ1) is 41.4. The number of thioether (sulfide) groups is 1. The van der Waals surface area contributed by atoms with Crippen LogP contribution in [0.25, 0.3) is 0 Å². The summed E-state index contributed by atoms with van der Waals surface area (Å²) in [5.74, 6) is -2.92.